The highest BCUT2D eigenvalue weighted by atomic mass is 16.6. The molecule has 18 heavy (non-hydrogen) atoms. The van der Waals surface area contributed by atoms with Gasteiger partial charge in [-0.1, -0.05) is 6.07 Å². The van der Waals surface area contributed by atoms with E-state index in [0.717, 1.165) is 12.0 Å². The molecule has 6 nitrogen and oxygen atoms in total. The number of benzene rings is 1. The first kappa shape index (κ1) is 12.5. The van der Waals surface area contributed by atoms with Gasteiger partial charge in [0.1, 0.15) is 6.61 Å². The van der Waals surface area contributed by atoms with E-state index >= 15 is 0 Å². The van der Waals surface area contributed by atoms with Gasteiger partial charge in [0.2, 0.25) is 0 Å². The van der Waals surface area contributed by atoms with Crippen LogP contribution in [0.2, 0.25) is 0 Å². The Hall–Kier alpha value is -1.95. The zero-order valence-electron chi connectivity index (χ0n) is 10.1. The zero-order valence-corrected chi connectivity index (χ0v) is 10.1. The number of non-ortho nitro benzene ring substituents is 1. The van der Waals surface area contributed by atoms with Crippen LogP contribution in [-0.4, -0.2) is 30.6 Å². The third-order valence-corrected chi connectivity index (χ3v) is 2.91. The average Bonchev–Trinajstić information content (AvgIpc) is 2.78. The summed E-state index contributed by atoms with van der Waals surface area (Å²) in [5.74, 6) is -0.156. The quantitative estimate of drug-likeness (QED) is 0.600. The van der Waals surface area contributed by atoms with Gasteiger partial charge >= 0.3 is 0 Å². The minimum absolute atomic E-state index is 0.00450. The van der Waals surface area contributed by atoms with Gasteiger partial charge in [-0.05, 0) is 18.9 Å². The molecule has 0 spiro atoms. The number of hydrogen-bond donors (Lipinski definition) is 0. The maximum Gasteiger partial charge on any atom is 0.271 e. The molecular weight excluding hydrogens is 236 g/mol. The maximum atomic E-state index is 11.9. The van der Waals surface area contributed by atoms with Crippen molar-refractivity contribution in [3.05, 3.63) is 33.9 Å². The van der Waals surface area contributed by atoms with Crippen LogP contribution in [0.1, 0.15) is 12.5 Å². The molecule has 1 aliphatic heterocycles. The van der Waals surface area contributed by atoms with E-state index in [9.17, 15) is 14.9 Å². The molecule has 0 saturated heterocycles. The Kier molecular flexibility index (Phi) is 3.57. The minimum atomic E-state index is -0.455. The number of hydrogen-bond acceptors (Lipinski definition) is 4. The van der Waals surface area contributed by atoms with Crippen molar-refractivity contribution in [1.29, 1.82) is 0 Å². The molecule has 0 radical (unpaired) electrons. The SMILES string of the molecule is CCOCC(=O)N1CCc2ccc([N+](=O)[O-])cc21. The monoisotopic (exact) mass is 250 g/mol. The summed E-state index contributed by atoms with van der Waals surface area (Å²) in [5, 5.41) is 10.7. The molecule has 0 fully saturated rings. The van der Waals surface area contributed by atoms with Gasteiger partial charge in [0.05, 0.1) is 10.6 Å². The molecule has 0 N–H and O–H groups in total. The molecular formula is C12H14N2O4. The van der Waals surface area contributed by atoms with Gasteiger partial charge in [-0.3, -0.25) is 14.9 Å². The number of rotatable bonds is 4. The maximum absolute atomic E-state index is 11.9. The zero-order chi connectivity index (χ0) is 13.1. The van der Waals surface area contributed by atoms with Gasteiger partial charge in [0.25, 0.3) is 11.6 Å². The fourth-order valence-corrected chi connectivity index (χ4v) is 2.01. The van der Waals surface area contributed by atoms with Crippen LogP contribution in [0.15, 0.2) is 18.2 Å². The normalized spacial score (nSPS) is 13.5. The smallest absolute Gasteiger partial charge is 0.271 e. The number of anilines is 1. The van der Waals surface area contributed by atoms with Gasteiger partial charge in [0, 0.05) is 25.3 Å². The lowest BCUT2D eigenvalue weighted by atomic mass is 10.1. The molecule has 0 saturated carbocycles. The van der Waals surface area contributed by atoms with Crippen LogP contribution in [0.4, 0.5) is 11.4 Å². The molecule has 2 rings (SSSR count). The summed E-state index contributed by atoms with van der Waals surface area (Å²) in [7, 11) is 0. The molecule has 1 heterocycles. The van der Waals surface area contributed by atoms with Crippen molar-refractivity contribution in [1.82, 2.24) is 0 Å². The predicted octanol–water partition coefficient (Wildman–Crippen LogP) is 1.52. The van der Waals surface area contributed by atoms with Crippen molar-refractivity contribution in [2.24, 2.45) is 0 Å². The summed E-state index contributed by atoms with van der Waals surface area (Å²) in [6, 6.07) is 4.63. The molecule has 1 aromatic rings. The number of nitro benzene ring substituents is 1. The molecule has 1 aliphatic rings. The summed E-state index contributed by atoms with van der Waals surface area (Å²) in [6.45, 7) is 2.86. The van der Waals surface area contributed by atoms with E-state index in [1.165, 1.54) is 12.1 Å². The number of amides is 1. The summed E-state index contributed by atoms with van der Waals surface area (Å²) in [4.78, 5) is 23.7. The Bertz CT molecular complexity index is 487. The molecule has 0 aliphatic carbocycles. The molecule has 1 aromatic carbocycles. The molecule has 96 valence electrons. The van der Waals surface area contributed by atoms with E-state index in [1.807, 2.05) is 6.92 Å². The van der Waals surface area contributed by atoms with Crippen LogP contribution < -0.4 is 4.90 Å². The van der Waals surface area contributed by atoms with Gasteiger partial charge in [-0.15, -0.1) is 0 Å². The number of carbonyl (C=O) groups excluding carboxylic acids is 1. The van der Waals surface area contributed by atoms with E-state index in [1.54, 1.807) is 11.0 Å². The van der Waals surface area contributed by atoms with E-state index in [4.69, 9.17) is 4.74 Å². The van der Waals surface area contributed by atoms with Gasteiger partial charge in [0.15, 0.2) is 0 Å². The largest absolute Gasteiger partial charge is 0.372 e. The molecule has 0 unspecified atom stereocenters. The Morgan fingerprint density at radius 2 is 2.33 bits per heavy atom. The summed E-state index contributed by atoms with van der Waals surface area (Å²) in [6.07, 6.45) is 0.727. The number of fused-ring (bicyclic) bond motifs is 1. The third-order valence-electron chi connectivity index (χ3n) is 2.91. The first-order valence-electron chi connectivity index (χ1n) is 5.79. The van der Waals surface area contributed by atoms with Crippen molar-refractivity contribution in [3.63, 3.8) is 0 Å². The summed E-state index contributed by atoms with van der Waals surface area (Å²) in [5.41, 5.74) is 1.60. The number of nitrogens with zero attached hydrogens (tertiary/aromatic N) is 2. The first-order valence-corrected chi connectivity index (χ1v) is 5.79. The van der Waals surface area contributed by atoms with Crippen LogP contribution in [0.25, 0.3) is 0 Å². The van der Waals surface area contributed by atoms with Crippen molar-refractivity contribution in [3.8, 4) is 0 Å². The van der Waals surface area contributed by atoms with E-state index in [2.05, 4.69) is 0 Å². The minimum Gasteiger partial charge on any atom is -0.372 e. The second-order valence-electron chi connectivity index (χ2n) is 4.00. The highest BCUT2D eigenvalue weighted by Crippen LogP contribution is 2.31. The summed E-state index contributed by atoms with van der Waals surface area (Å²) < 4.78 is 5.08. The fraction of sp³-hybridized carbons (Fsp3) is 0.417. The lowest BCUT2D eigenvalue weighted by Gasteiger charge is -2.16. The number of carbonyl (C=O) groups is 1. The van der Waals surface area contributed by atoms with Crippen LogP contribution >= 0.6 is 0 Å². The fourth-order valence-electron chi connectivity index (χ4n) is 2.01. The Labute approximate surface area is 104 Å². The van der Waals surface area contributed by atoms with E-state index < -0.39 is 4.92 Å². The highest BCUT2D eigenvalue weighted by molar-refractivity contribution is 5.96. The molecule has 6 heteroatoms. The van der Waals surface area contributed by atoms with E-state index in [0.29, 0.717) is 18.8 Å². The van der Waals surface area contributed by atoms with Crippen molar-refractivity contribution in [2.75, 3.05) is 24.7 Å². The molecule has 1 amide bonds. The Morgan fingerprint density at radius 3 is 3.00 bits per heavy atom. The van der Waals surface area contributed by atoms with Crippen LogP contribution in [0, 0.1) is 10.1 Å². The predicted molar refractivity (Wildman–Crippen MR) is 65.6 cm³/mol. The average molecular weight is 250 g/mol. The summed E-state index contributed by atoms with van der Waals surface area (Å²) >= 11 is 0. The van der Waals surface area contributed by atoms with Gasteiger partial charge in [-0.25, -0.2) is 0 Å². The Balaban J connectivity index is 2.23. The first-order chi connectivity index (χ1) is 8.63. The lowest BCUT2D eigenvalue weighted by Crippen LogP contribution is -2.32. The van der Waals surface area contributed by atoms with Gasteiger partial charge < -0.3 is 9.64 Å². The van der Waals surface area contributed by atoms with E-state index in [-0.39, 0.29) is 18.2 Å². The van der Waals surface area contributed by atoms with Crippen molar-refractivity contribution >= 4 is 17.3 Å². The molecule has 0 bridgehead atoms. The van der Waals surface area contributed by atoms with Crippen LogP contribution in [-0.2, 0) is 16.0 Å². The topological polar surface area (TPSA) is 72.7 Å². The number of nitro groups is 1. The lowest BCUT2D eigenvalue weighted by molar-refractivity contribution is -0.384. The van der Waals surface area contributed by atoms with Crippen LogP contribution in [0.3, 0.4) is 0 Å². The second-order valence-corrected chi connectivity index (χ2v) is 4.00. The van der Waals surface area contributed by atoms with Crippen LogP contribution in [0.5, 0.6) is 0 Å². The highest BCUT2D eigenvalue weighted by Gasteiger charge is 2.26. The Morgan fingerprint density at radius 1 is 1.56 bits per heavy atom. The van der Waals surface area contributed by atoms with Gasteiger partial charge in [-0.2, -0.15) is 0 Å². The molecule has 0 atom stereocenters. The number of ether oxygens (including phenoxy) is 1. The molecule has 0 aromatic heterocycles. The van der Waals surface area contributed by atoms with Crippen molar-refractivity contribution in [2.45, 2.75) is 13.3 Å². The van der Waals surface area contributed by atoms with Crippen molar-refractivity contribution < 1.29 is 14.5 Å². The second kappa shape index (κ2) is 5.14. The third kappa shape index (κ3) is 2.33. The standard InChI is InChI=1S/C12H14N2O4/c1-2-18-8-12(15)13-6-5-9-3-4-10(14(16)17)7-11(9)13/h3-4,7H,2,5-6,8H2,1H3.